The fourth-order valence-electron chi connectivity index (χ4n) is 7.68. The first-order valence-corrected chi connectivity index (χ1v) is 15.0. The number of benzene rings is 2. The third kappa shape index (κ3) is 5.15. The molecule has 2 amide bonds. The Kier molecular flexibility index (Phi) is 7.97. The van der Waals surface area contributed by atoms with Gasteiger partial charge >= 0.3 is 12.1 Å². The van der Waals surface area contributed by atoms with Crippen LogP contribution in [0.25, 0.3) is 0 Å². The summed E-state index contributed by atoms with van der Waals surface area (Å²) in [5.41, 5.74) is 8.81. The highest BCUT2D eigenvalue weighted by Crippen LogP contribution is 2.63. The van der Waals surface area contributed by atoms with Crippen LogP contribution in [0.5, 0.6) is 17.2 Å². The fourth-order valence-corrected chi connectivity index (χ4v) is 7.68. The molecule has 2 aromatic rings. The highest BCUT2D eigenvalue weighted by atomic mass is 16.6. The number of aliphatic carboxylic acids is 1. The van der Waals surface area contributed by atoms with Gasteiger partial charge < -0.3 is 35.3 Å². The standard InChI is InChI=1S/C32H38N4O8/c1-35(14-12-34-30(40)22(33)16-26(38)39)31(41)43-20-6-3-18(4-7-20)17-36-13-11-32-21-8-9-24(37)29(32)44-28-25(42-2)10-5-19(27(28)32)15-23(21)36/h3-7,10,21-23,29H,8-9,11-17,33H2,1-2H3,(H,34,40)(H,38,39)/t21-,22-,23?,29-,32-/m0/s1. The van der Waals surface area contributed by atoms with Gasteiger partial charge in [0.2, 0.25) is 5.91 Å². The number of rotatable bonds is 10. The zero-order chi connectivity index (χ0) is 31.2. The summed E-state index contributed by atoms with van der Waals surface area (Å²) in [6.07, 6.45) is 1.65. The Labute approximate surface area is 255 Å². The summed E-state index contributed by atoms with van der Waals surface area (Å²) in [6, 6.07) is 10.7. The van der Waals surface area contributed by atoms with E-state index in [2.05, 4.69) is 16.3 Å². The molecule has 5 atom stereocenters. The van der Waals surface area contributed by atoms with Crippen molar-refractivity contribution >= 4 is 23.8 Å². The van der Waals surface area contributed by atoms with Crippen molar-refractivity contribution in [1.29, 1.82) is 0 Å². The lowest BCUT2D eigenvalue weighted by Crippen LogP contribution is -2.65. The lowest BCUT2D eigenvalue weighted by Gasteiger charge is -2.57. The second-order valence-corrected chi connectivity index (χ2v) is 12.2. The van der Waals surface area contributed by atoms with E-state index < -0.39 is 36.5 Å². The van der Waals surface area contributed by atoms with Crippen molar-refractivity contribution < 1.29 is 38.5 Å². The van der Waals surface area contributed by atoms with Gasteiger partial charge in [-0.15, -0.1) is 0 Å². The Morgan fingerprint density at radius 2 is 2.00 bits per heavy atom. The lowest BCUT2D eigenvalue weighted by molar-refractivity contribution is -0.139. The molecule has 2 aliphatic carbocycles. The normalized spacial score (nSPS) is 25.3. The van der Waals surface area contributed by atoms with E-state index in [-0.39, 0.29) is 24.3 Å². The summed E-state index contributed by atoms with van der Waals surface area (Å²) in [5, 5.41) is 11.3. The number of nitrogens with zero attached hydrogens (tertiary/aromatic N) is 2. The van der Waals surface area contributed by atoms with Crippen LogP contribution in [0.1, 0.15) is 42.4 Å². The van der Waals surface area contributed by atoms with Gasteiger partial charge in [-0.05, 0) is 61.1 Å². The van der Waals surface area contributed by atoms with Crippen molar-refractivity contribution in [2.75, 3.05) is 33.8 Å². The number of amides is 2. The van der Waals surface area contributed by atoms with Crippen LogP contribution in [-0.2, 0) is 32.8 Å². The molecular formula is C32H38N4O8. The maximum atomic E-state index is 13.1. The number of carboxylic acids is 1. The number of ketones is 1. The van der Waals surface area contributed by atoms with Gasteiger partial charge in [0.05, 0.1) is 19.6 Å². The van der Waals surface area contributed by atoms with Gasteiger partial charge in [0.1, 0.15) is 5.75 Å². The molecule has 2 aromatic carbocycles. The predicted molar refractivity (Wildman–Crippen MR) is 158 cm³/mol. The monoisotopic (exact) mass is 606 g/mol. The molecule has 12 nitrogen and oxygen atoms in total. The molecule has 0 aromatic heterocycles. The number of nitrogens with two attached hydrogens (primary N) is 1. The number of Topliss-reactive ketones (excluding diaryl/α,β-unsaturated/α-hetero) is 1. The highest BCUT2D eigenvalue weighted by Gasteiger charge is 2.65. The molecule has 4 aliphatic rings. The minimum atomic E-state index is -1.16. The third-order valence-electron chi connectivity index (χ3n) is 9.73. The number of carboxylic acid groups (broad SMARTS) is 1. The Bertz CT molecular complexity index is 1480. The molecular weight excluding hydrogens is 568 g/mol. The van der Waals surface area contributed by atoms with Gasteiger partial charge in [0, 0.05) is 50.1 Å². The van der Waals surface area contributed by atoms with Gasteiger partial charge in [-0.2, -0.15) is 0 Å². The predicted octanol–water partition coefficient (Wildman–Crippen LogP) is 1.85. The van der Waals surface area contributed by atoms with Crippen molar-refractivity contribution in [2.24, 2.45) is 11.7 Å². The van der Waals surface area contributed by atoms with Crippen LogP contribution < -0.4 is 25.3 Å². The Hall–Kier alpha value is -4.16. The molecule has 12 heteroatoms. The van der Waals surface area contributed by atoms with Crippen LogP contribution in [0, 0.1) is 5.92 Å². The maximum absolute atomic E-state index is 13.1. The van der Waals surface area contributed by atoms with Crippen molar-refractivity contribution in [3.05, 3.63) is 53.1 Å². The molecule has 234 valence electrons. The van der Waals surface area contributed by atoms with E-state index in [4.69, 9.17) is 25.1 Å². The molecule has 1 unspecified atom stereocenters. The van der Waals surface area contributed by atoms with Crippen molar-refractivity contribution in [3.8, 4) is 17.2 Å². The summed E-state index contributed by atoms with van der Waals surface area (Å²) >= 11 is 0. The van der Waals surface area contributed by atoms with E-state index in [0.717, 1.165) is 43.7 Å². The van der Waals surface area contributed by atoms with Gasteiger partial charge in [0.25, 0.3) is 0 Å². The molecule has 1 saturated carbocycles. The SMILES string of the molecule is COc1ccc2c3c1O[C@H]1C(=O)CC[C@H]4C(C2)N(Cc2ccc(OC(=O)N(C)CCNC(=O)[C@@H](N)CC(=O)O)cc2)CC[C@]314. The van der Waals surface area contributed by atoms with Crippen LogP contribution >= 0.6 is 0 Å². The number of methoxy groups -OCH3 is 1. The summed E-state index contributed by atoms with van der Waals surface area (Å²) < 4.78 is 17.5. The first kappa shape index (κ1) is 29.9. The number of hydrogen-bond donors (Lipinski definition) is 3. The number of likely N-dealkylation sites (tertiary alicyclic amines) is 1. The second kappa shape index (κ2) is 11.7. The van der Waals surface area contributed by atoms with Gasteiger partial charge in [-0.3, -0.25) is 19.3 Å². The molecule has 44 heavy (non-hydrogen) atoms. The van der Waals surface area contributed by atoms with Gasteiger partial charge in [-0.1, -0.05) is 18.2 Å². The van der Waals surface area contributed by atoms with Gasteiger partial charge in [0.15, 0.2) is 23.4 Å². The number of hydrogen-bond acceptors (Lipinski definition) is 9. The van der Waals surface area contributed by atoms with E-state index in [9.17, 15) is 19.2 Å². The minimum Gasteiger partial charge on any atom is -0.493 e. The number of nitrogens with one attached hydrogen (secondary N) is 1. The topological polar surface area (TPSA) is 161 Å². The van der Waals surface area contributed by atoms with Crippen molar-refractivity contribution in [2.45, 2.75) is 62.3 Å². The Morgan fingerprint density at radius 1 is 1.23 bits per heavy atom. The molecule has 4 N–H and O–H groups in total. The van der Waals surface area contributed by atoms with E-state index in [1.165, 1.54) is 16.0 Å². The molecule has 2 heterocycles. The number of carbonyl (C=O) groups excluding carboxylic acids is 3. The summed E-state index contributed by atoms with van der Waals surface area (Å²) in [7, 11) is 3.19. The van der Waals surface area contributed by atoms with Crippen molar-refractivity contribution in [1.82, 2.24) is 15.1 Å². The molecule has 0 radical (unpaired) electrons. The zero-order valence-corrected chi connectivity index (χ0v) is 24.9. The van der Waals surface area contributed by atoms with Crippen LogP contribution in [0.2, 0.25) is 0 Å². The van der Waals surface area contributed by atoms with E-state index >= 15 is 0 Å². The lowest BCUT2D eigenvalue weighted by atomic mass is 9.51. The maximum Gasteiger partial charge on any atom is 0.415 e. The van der Waals surface area contributed by atoms with E-state index in [1.807, 2.05) is 18.2 Å². The molecule has 1 spiro atoms. The van der Waals surface area contributed by atoms with Crippen LogP contribution in [0.4, 0.5) is 4.79 Å². The minimum absolute atomic E-state index is 0.107. The summed E-state index contributed by atoms with van der Waals surface area (Å²) in [5.74, 6) is 0.643. The van der Waals surface area contributed by atoms with Crippen LogP contribution in [0.15, 0.2) is 36.4 Å². The zero-order valence-electron chi connectivity index (χ0n) is 24.9. The average Bonchev–Trinajstić information content (AvgIpc) is 3.35. The van der Waals surface area contributed by atoms with Gasteiger partial charge in [-0.25, -0.2) is 4.79 Å². The van der Waals surface area contributed by atoms with Crippen LogP contribution in [-0.4, -0.2) is 90.6 Å². The molecule has 2 aliphatic heterocycles. The van der Waals surface area contributed by atoms with E-state index in [1.54, 1.807) is 26.3 Å². The molecule has 2 bridgehead atoms. The number of ether oxygens (including phenoxy) is 3. The largest absolute Gasteiger partial charge is 0.493 e. The fraction of sp³-hybridized carbons (Fsp3) is 0.500. The smallest absolute Gasteiger partial charge is 0.415 e. The Balaban J connectivity index is 1.07. The van der Waals surface area contributed by atoms with Crippen molar-refractivity contribution in [3.63, 3.8) is 0 Å². The second-order valence-electron chi connectivity index (χ2n) is 12.2. The van der Waals surface area contributed by atoms with Crippen LogP contribution in [0.3, 0.4) is 0 Å². The first-order valence-electron chi connectivity index (χ1n) is 15.0. The Morgan fingerprint density at radius 3 is 2.73 bits per heavy atom. The summed E-state index contributed by atoms with van der Waals surface area (Å²) in [6.45, 7) is 1.86. The number of piperidine rings is 1. The van der Waals surface area contributed by atoms with E-state index in [0.29, 0.717) is 29.9 Å². The highest BCUT2D eigenvalue weighted by molar-refractivity contribution is 5.89. The third-order valence-corrected chi connectivity index (χ3v) is 9.73. The molecule has 2 fully saturated rings. The number of carbonyl (C=O) groups is 4. The number of likely N-dealkylation sites (N-methyl/N-ethyl adjacent to an activating group) is 1. The molecule has 1 saturated heterocycles. The quantitative estimate of drug-likeness (QED) is 0.364. The first-order chi connectivity index (χ1) is 21.1. The average molecular weight is 607 g/mol. The molecule has 6 rings (SSSR count). The summed E-state index contributed by atoms with van der Waals surface area (Å²) in [4.78, 5) is 52.1.